The normalized spacial score (nSPS) is 17.1. The van der Waals surface area contributed by atoms with Crippen molar-refractivity contribution in [2.75, 3.05) is 27.4 Å². The number of likely N-dealkylation sites (N-methyl/N-ethyl adjacent to an activating group) is 1. The highest BCUT2D eigenvalue weighted by Crippen LogP contribution is 2.13. The van der Waals surface area contributed by atoms with Crippen molar-refractivity contribution in [1.82, 2.24) is 5.32 Å². The number of nitrogens with one attached hydrogen (secondary N) is 1. The van der Waals surface area contributed by atoms with Crippen molar-refractivity contribution in [3.05, 3.63) is 0 Å². The molecule has 0 heterocycles. The molecule has 2 unspecified atom stereocenters. The number of carbonyl (C=O) groups is 1. The number of hydrogen-bond acceptors (Lipinski definition) is 4. The predicted octanol–water partition coefficient (Wildman–Crippen LogP) is -0.109. The first kappa shape index (κ1) is 14.3. The molecule has 90 valence electrons. The maximum Gasteiger partial charge on any atom is 0.237 e. The number of ether oxygens (including phenoxy) is 2. The summed E-state index contributed by atoms with van der Waals surface area (Å²) in [6, 6.07) is 0. The smallest absolute Gasteiger partial charge is 0.237 e. The quantitative estimate of drug-likeness (QED) is 0.558. The van der Waals surface area contributed by atoms with Crippen LogP contribution in [-0.2, 0) is 14.3 Å². The summed E-state index contributed by atoms with van der Waals surface area (Å²) in [4.78, 5) is 11.2. The van der Waals surface area contributed by atoms with Gasteiger partial charge in [0.1, 0.15) is 0 Å². The fourth-order valence-corrected chi connectivity index (χ4v) is 1.29. The molecule has 0 aromatic heterocycles. The lowest BCUT2D eigenvalue weighted by Crippen LogP contribution is -2.53. The van der Waals surface area contributed by atoms with E-state index in [0.29, 0.717) is 19.6 Å². The zero-order valence-electron chi connectivity index (χ0n) is 10.0. The van der Waals surface area contributed by atoms with Gasteiger partial charge in [-0.3, -0.25) is 4.79 Å². The molecule has 0 aromatic carbocycles. The van der Waals surface area contributed by atoms with Gasteiger partial charge in [0.15, 0.2) is 0 Å². The number of hydrogen-bond donors (Lipinski definition) is 2. The monoisotopic (exact) mass is 218 g/mol. The van der Waals surface area contributed by atoms with E-state index < -0.39 is 5.54 Å². The fourth-order valence-electron chi connectivity index (χ4n) is 1.29. The second-order valence-electron chi connectivity index (χ2n) is 3.82. The maximum absolute atomic E-state index is 11.2. The van der Waals surface area contributed by atoms with E-state index in [1.807, 2.05) is 6.92 Å². The van der Waals surface area contributed by atoms with Crippen molar-refractivity contribution in [2.24, 2.45) is 5.73 Å². The summed E-state index contributed by atoms with van der Waals surface area (Å²) in [7, 11) is 3.34. The molecule has 0 spiro atoms. The number of carbonyl (C=O) groups excluding carboxylic acids is 1. The van der Waals surface area contributed by atoms with Gasteiger partial charge in [0, 0.05) is 13.5 Å². The molecule has 5 heteroatoms. The van der Waals surface area contributed by atoms with Gasteiger partial charge in [0.25, 0.3) is 0 Å². The minimum absolute atomic E-state index is 0.0369. The maximum atomic E-state index is 11.2. The zero-order valence-corrected chi connectivity index (χ0v) is 10.0. The molecule has 0 saturated heterocycles. The first-order chi connectivity index (χ1) is 6.96. The Morgan fingerprint density at radius 2 is 2.13 bits per heavy atom. The van der Waals surface area contributed by atoms with Crippen molar-refractivity contribution in [3.8, 4) is 0 Å². The molecule has 0 aliphatic heterocycles. The summed E-state index contributed by atoms with van der Waals surface area (Å²) in [5.74, 6) is -0.368. The van der Waals surface area contributed by atoms with Gasteiger partial charge in [-0.2, -0.15) is 0 Å². The first-order valence-electron chi connectivity index (χ1n) is 5.05. The Labute approximate surface area is 91.3 Å². The van der Waals surface area contributed by atoms with Gasteiger partial charge < -0.3 is 20.5 Å². The number of primary amides is 1. The highest BCUT2D eigenvalue weighted by atomic mass is 16.5. The lowest BCUT2D eigenvalue weighted by molar-refractivity contribution is -0.125. The summed E-state index contributed by atoms with van der Waals surface area (Å²) >= 11 is 0. The number of rotatable bonds is 8. The second kappa shape index (κ2) is 6.76. The lowest BCUT2D eigenvalue weighted by atomic mass is 9.94. The third kappa shape index (κ3) is 5.11. The summed E-state index contributed by atoms with van der Waals surface area (Å²) in [6.07, 6.45) is 0.507. The molecular weight excluding hydrogens is 196 g/mol. The Kier molecular flexibility index (Phi) is 6.47. The molecule has 0 rings (SSSR count). The average molecular weight is 218 g/mol. The van der Waals surface area contributed by atoms with Crippen molar-refractivity contribution in [2.45, 2.75) is 31.9 Å². The highest BCUT2D eigenvalue weighted by Gasteiger charge is 2.31. The zero-order chi connectivity index (χ0) is 11.9. The van der Waals surface area contributed by atoms with Crippen LogP contribution in [0.1, 0.15) is 20.3 Å². The van der Waals surface area contributed by atoms with Gasteiger partial charge in [0.2, 0.25) is 5.91 Å². The Morgan fingerprint density at radius 3 is 2.53 bits per heavy atom. The minimum atomic E-state index is -0.716. The largest absolute Gasteiger partial charge is 0.382 e. The van der Waals surface area contributed by atoms with Gasteiger partial charge in [-0.15, -0.1) is 0 Å². The molecule has 0 saturated carbocycles. The topological polar surface area (TPSA) is 73.6 Å². The third-order valence-electron chi connectivity index (χ3n) is 2.48. The van der Waals surface area contributed by atoms with E-state index in [1.54, 1.807) is 21.1 Å². The van der Waals surface area contributed by atoms with Crippen LogP contribution in [-0.4, -0.2) is 44.9 Å². The third-order valence-corrected chi connectivity index (χ3v) is 2.48. The van der Waals surface area contributed by atoms with Crippen molar-refractivity contribution >= 4 is 5.91 Å². The summed E-state index contributed by atoms with van der Waals surface area (Å²) in [5, 5.41) is 2.91. The van der Waals surface area contributed by atoms with Crippen molar-refractivity contribution in [1.29, 1.82) is 0 Å². The molecular formula is C10H22N2O3. The molecule has 0 aromatic rings. The van der Waals surface area contributed by atoms with Crippen LogP contribution in [0.3, 0.4) is 0 Å². The predicted molar refractivity (Wildman–Crippen MR) is 58.6 cm³/mol. The van der Waals surface area contributed by atoms with Crippen LogP contribution in [0.25, 0.3) is 0 Å². The van der Waals surface area contributed by atoms with Crippen LogP contribution in [0.5, 0.6) is 0 Å². The Bertz CT molecular complexity index is 199. The molecule has 3 N–H and O–H groups in total. The van der Waals surface area contributed by atoms with E-state index in [4.69, 9.17) is 15.2 Å². The van der Waals surface area contributed by atoms with E-state index in [-0.39, 0.29) is 12.0 Å². The van der Waals surface area contributed by atoms with Crippen LogP contribution in [0.15, 0.2) is 0 Å². The summed E-state index contributed by atoms with van der Waals surface area (Å²) < 4.78 is 10.3. The van der Waals surface area contributed by atoms with E-state index >= 15 is 0 Å². The standard InChI is InChI=1S/C10H22N2O3/c1-8(15-6-5-14-4)7-10(2,12-3)9(11)13/h8,12H,5-7H2,1-4H3,(H2,11,13). The van der Waals surface area contributed by atoms with Crippen LogP contribution in [0.4, 0.5) is 0 Å². The number of nitrogens with two attached hydrogens (primary N) is 1. The lowest BCUT2D eigenvalue weighted by Gasteiger charge is -2.28. The van der Waals surface area contributed by atoms with Crippen LogP contribution >= 0.6 is 0 Å². The molecule has 0 aliphatic rings. The Hall–Kier alpha value is -0.650. The first-order valence-corrected chi connectivity index (χ1v) is 5.05. The number of methoxy groups -OCH3 is 1. The molecule has 2 atom stereocenters. The van der Waals surface area contributed by atoms with Crippen molar-refractivity contribution < 1.29 is 14.3 Å². The fraction of sp³-hybridized carbons (Fsp3) is 0.900. The van der Waals surface area contributed by atoms with Gasteiger partial charge >= 0.3 is 0 Å². The molecule has 0 fully saturated rings. The van der Waals surface area contributed by atoms with E-state index in [2.05, 4.69) is 5.32 Å². The highest BCUT2D eigenvalue weighted by molar-refractivity contribution is 5.84. The molecule has 5 nitrogen and oxygen atoms in total. The van der Waals surface area contributed by atoms with Crippen LogP contribution in [0.2, 0.25) is 0 Å². The number of amides is 1. The molecule has 0 radical (unpaired) electrons. The average Bonchev–Trinajstić information content (AvgIpc) is 2.17. The van der Waals surface area contributed by atoms with E-state index in [1.165, 1.54) is 0 Å². The summed E-state index contributed by atoms with van der Waals surface area (Å²) in [6.45, 7) is 4.76. The SMILES string of the molecule is CNC(C)(CC(C)OCCOC)C(N)=O. The molecule has 0 bridgehead atoms. The van der Waals surface area contributed by atoms with E-state index in [0.717, 1.165) is 0 Å². The van der Waals surface area contributed by atoms with E-state index in [9.17, 15) is 4.79 Å². The minimum Gasteiger partial charge on any atom is -0.382 e. The van der Waals surface area contributed by atoms with Gasteiger partial charge in [-0.25, -0.2) is 0 Å². The van der Waals surface area contributed by atoms with Crippen LogP contribution in [0, 0.1) is 0 Å². The molecule has 15 heavy (non-hydrogen) atoms. The Balaban J connectivity index is 4.01. The van der Waals surface area contributed by atoms with Gasteiger partial charge in [-0.1, -0.05) is 0 Å². The Morgan fingerprint density at radius 1 is 1.53 bits per heavy atom. The van der Waals surface area contributed by atoms with Gasteiger partial charge in [0.05, 0.1) is 24.9 Å². The molecule has 0 aliphatic carbocycles. The van der Waals surface area contributed by atoms with Crippen molar-refractivity contribution in [3.63, 3.8) is 0 Å². The second-order valence-corrected chi connectivity index (χ2v) is 3.82. The summed E-state index contributed by atoms with van der Waals surface area (Å²) in [5.41, 5.74) is 4.59. The molecule has 1 amide bonds. The van der Waals surface area contributed by atoms with Crippen LogP contribution < -0.4 is 11.1 Å². The van der Waals surface area contributed by atoms with Gasteiger partial charge in [-0.05, 0) is 20.9 Å².